The average molecular weight is 242 g/mol. The molecule has 99 valence electrons. The smallest absolute Gasteiger partial charge is 0.431 e. The maximum atomic E-state index is 11.4. The second kappa shape index (κ2) is 8.34. The molecule has 2 atom stereocenters. The maximum absolute atomic E-state index is 11.4. The van der Waals surface area contributed by atoms with Crippen LogP contribution >= 0.6 is 0 Å². The Morgan fingerprint density at radius 2 is 2.24 bits per heavy atom. The molecule has 1 aliphatic heterocycles. The Balaban J connectivity index is 2.03. The van der Waals surface area contributed by atoms with Crippen molar-refractivity contribution in [1.29, 1.82) is 0 Å². The number of rotatable bonds is 7. The molecule has 4 nitrogen and oxygen atoms in total. The molecule has 0 aromatic carbocycles. The van der Waals surface area contributed by atoms with Gasteiger partial charge in [0.25, 0.3) is 0 Å². The van der Waals surface area contributed by atoms with Crippen LogP contribution in [0.4, 0.5) is 4.79 Å². The molecular formula is C13H24NO3. The molecule has 2 unspecified atom stereocenters. The molecular weight excluding hydrogens is 218 g/mol. The molecule has 4 heteroatoms. The Bertz CT molecular complexity index is 215. The van der Waals surface area contributed by atoms with E-state index in [2.05, 4.69) is 12.2 Å². The topological polar surface area (TPSA) is 49.6 Å². The predicted molar refractivity (Wildman–Crippen MR) is 65.8 cm³/mol. The van der Waals surface area contributed by atoms with Gasteiger partial charge in [-0.05, 0) is 26.2 Å². The number of ether oxygens (including phenoxy) is 2. The molecule has 1 radical (unpaired) electrons. The summed E-state index contributed by atoms with van der Waals surface area (Å²) in [5.41, 5.74) is 0. The lowest BCUT2D eigenvalue weighted by Gasteiger charge is -2.15. The molecule has 0 bridgehead atoms. The predicted octanol–water partition coefficient (Wildman–Crippen LogP) is 3.22. The lowest BCUT2D eigenvalue weighted by molar-refractivity contribution is -0.00420. The van der Waals surface area contributed by atoms with Crippen molar-refractivity contribution in [1.82, 2.24) is 5.32 Å². The van der Waals surface area contributed by atoms with Gasteiger partial charge >= 0.3 is 6.16 Å². The van der Waals surface area contributed by atoms with Crippen molar-refractivity contribution < 1.29 is 14.3 Å². The summed E-state index contributed by atoms with van der Waals surface area (Å²) < 4.78 is 10.3. The molecule has 0 aliphatic carbocycles. The summed E-state index contributed by atoms with van der Waals surface area (Å²) in [6, 6.07) is 0. The lowest BCUT2D eigenvalue weighted by Crippen LogP contribution is -2.25. The van der Waals surface area contributed by atoms with E-state index in [1.807, 2.05) is 6.92 Å². The summed E-state index contributed by atoms with van der Waals surface area (Å²) in [6.07, 6.45) is 6.65. The van der Waals surface area contributed by atoms with Gasteiger partial charge in [-0.2, -0.15) is 0 Å². The van der Waals surface area contributed by atoms with E-state index >= 15 is 0 Å². The van der Waals surface area contributed by atoms with Gasteiger partial charge in [-0.1, -0.05) is 26.2 Å². The number of carbonyl (C=O) groups excluding carboxylic acids is 1. The minimum absolute atomic E-state index is 0.0549. The Morgan fingerprint density at radius 1 is 1.41 bits per heavy atom. The number of carbonyl (C=O) groups is 1. The standard InChI is InChI=1S/C13H24NO3/c1-3-4-5-6-8-11(2)16-13(15)17-12-9-7-10-14-12/h11-12H,3-10H2,1-2H3. The van der Waals surface area contributed by atoms with Crippen molar-refractivity contribution in [3.05, 3.63) is 0 Å². The lowest BCUT2D eigenvalue weighted by atomic mass is 10.1. The zero-order valence-electron chi connectivity index (χ0n) is 11.0. The van der Waals surface area contributed by atoms with E-state index in [4.69, 9.17) is 9.47 Å². The SMILES string of the molecule is CCCCCCC(C)OC(=O)OC1CCC[N]1. The van der Waals surface area contributed by atoms with Gasteiger partial charge in [0.1, 0.15) is 6.10 Å². The monoisotopic (exact) mass is 242 g/mol. The average Bonchev–Trinajstić information content (AvgIpc) is 2.77. The second-order valence-corrected chi connectivity index (χ2v) is 4.65. The fraction of sp³-hybridized carbons (Fsp3) is 0.923. The molecule has 1 rings (SSSR count). The van der Waals surface area contributed by atoms with E-state index in [0.29, 0.717) is 0 Å². The number of nitrogens with zero attached hydrogens (tertiary/aromatic N) is 1. The summed E-state index contributed by atoms with van der Waals surface area (Å²) in [4.78, 5) is 11.4. The van der Waals surface area contributed by atoms with Crippen molar-refractivity contribution in [2.45, 2.75) is 71.1 Å². The summed E-state index contributed by atoms with van der Waals surface area (Å²) in [5, 5.41) is 4.15. The van der Waals surface area contributed by atoms with Crippen LogP contribution in [0.25, 0.3) is 0 Å². The van der Waals surface area contributed by atoms with E-state index in [0.717, 1.165) is 32.2 Å². The van der Waals surface area contributed by atoms with Crippen molar-refractivity contribution in [2.24, 2.45) is 0 Å². The van der Waals surface area contributed by atoms with Crippen LogP contribution in [0.5, 0.6) is 0 Å². The number of hydrogen-bond donors (Lipinski definition) is 0. The van der Waals surface area contributed by atoms with Crippen molar-refractivity contribution in [2.75, 3.05) is 6.54 Å². The summed E-state index contributed by atoms with van der Waals surface area (Å²) in [5.74, 6) is 0. The van der Waals surface area contributed by atoms with Gasteiger partial charge in [0.05, 0.1) is 0 Å². The summed E-state index contributed by atoms with van der Waals surface area (Å²) in [7, 11) is 0. The zero-order chi connectivity index (χ0) is 12.5. The van der Waals surface area contributed by atoms with Crippen LogP contribution in [0.3, 0.4) is 0 Å². The maximum Gasteiger partial charge on any atom is 0.510 e. The molecule has 1 heterocycles. The van der Waals surface area contributed by atoms with E-state index in [-0.39, 0.29) is 12.3 Å². The van der Waals surface area contributed by atoms with Crippen LogP contribution in [0, 0.1) is 0 Å². The molecule has 1 fully saturated rings. The third-order valence-corrected chi connectivity index (χ3v) is 2.94. The van der Waals surface area contributed by atoms with Crippen LogP contribution in [0.15, 0.2) is 0 Å². The first kappa shape index (κ1) is 14.3. The Hall–Kier alpha value is -0.770. The van der Waals surface area contributed by atoms with Gasteiger partial charge in [-0.15, -0.1) is 0 Å². The van der Waals surface area contributed by atoms with E-state index in [1.165, 1.54) is 19.3 Å². The number of unbranched alkanes of at least 4 members (excludes halogenated alkanes) is 3. The first-order valence-corrected chi connectivity index (χ1v) is 6.76. The van der Waals surface area contributed by atoms with Gasteiger partial charge < -0.3 is 9.47 Å². The highest BCUT2D eigenvalue weighted by Gasteiger charge is 2.21. The first-order chi connectivity index (χ1) is 8.22. The molecule has 1 aliphatic rings. The second-order valence-electron chi connectivity index (χ2n) is 4.65. The van der Waals surface area contributed by atoms with Gasteiger partial charge in [-0.3, -0.25) is 0 Å². The number of hydrogen-bond acceptors (Lipinski definition) is 3. The summed E-state index contributed by atoms with van der Waals surface area (Å²) >= 11 is 0. The van der Waals surface area contributed by atoms with Crippen LogP contribution in [-0.4, -0.2) is 25.0 Å². The van der Waals surface area contributed by atoms with E-state index < -0.39 is 6.16 Å². The Kier molecular flexibility index (Phi) is 7.01. The van der Waals surface area contributed by atoms with Crippen LogP contribution < -0.4 is 5.32 Å². The van der Waals surface area contributed by atoms with Gasteiger partial charge in [0, 0.05) is 13.0 Å². The normalized spacial score (nSPS) is 21.2. The Labute approximate surface area is 104 Å². The molecule has 0 saturated carbocycles. The van der Waals surface area contributed by atoms with Crippen LogP contribution in [0.1, 0.15) is 58.8 Å². The minimum atomic E-state index is -0.566. The van der Waals surface area contributed by atoms with E-state index in [1.54, 1.807) is 0 Å². The van der Waals surface area contributed by atoms with Gasteiger partial charge in [0.15, 0.2) is 6.23 Å². The molecule has 0 amide bonds. The van der Waals surface area contributed by atoms with Gasteiger partial charge in [-0.25, -0.2) is 10.1 Å². The van der Waals surface area contributed by atoms with Crippen molar-refractivity contribution >= 4 is 6.16 Å². The quantitative estimate of drug-likeness (QED) is 0.508. The fourth-order valence-corrected chi connectivity index (χ4v) is 1.91. The zero-order valence-corrected chi connectivity index (χ0v) is 11.0. The molecule has 0 N–H and O–H groups in total. The van der Waals surface area contributed by atoms with Gasteiger partial charge in [0.2, 0.25) is 0 Å². The third kappa shape index (κ3) is 6.51. The highest BCUT2D eigenvalue weighted by Crippen LogP contribution is 2.12. The third-order valence-electron chi connectivity index (χ3n) is 2.94. The molecule has 0 aromatic rings. The Morgan fingerprint density at radius 3 is 2.88 bits per heavy atom. The van der Waals surface area contributed by atoms with Crippen LogP contribution in [-0.2, 0) is 9.47 Å². The highest BCUT2D eigenvalue weighted by atomic mass is 16.7. The van der Waals surface area contributed by atoms with Crippen molar-refractivity contribution in [3.63, 3.8) is 0 Å². The first-order valence-electron chi connectivity index (χ1n) is 6.76. The molecule has 0 aromatic heterocycles. The highest BCUT2D eigenvalue weighted by molar-refractivity contribution is 5.60. The fourth-order valence-electron chi connectivity index (χ4n) is 1.91. The minimum Gasteiger partial charge on any atom is -0.431 e. The van der Waals surface area contributed by atoms with E-state index in [9.17, 15) is 4.79 Å². The molecule has 0 spiro atoms. The molecule has 1 saturated heterocycles. The largest absolute Gasteiger partial charge is 0.510 e. The van der Waals surface area contributed by atoms with Crippen molar-refractivity contribution in [3.8, 4) is 0 Å². The van der Waals surface area contributed by atoms with Crippen LogP contribution in [0.2, 0.25) is 0 Å². The molecule has 17 heavy (non-hydrogen) atoms. The summed E-state index contributed by atoms with van der Waals surface area (Å²) in [6.45, 7) is 4.89.